The second-order valence-electron chi connectivity index (χ2n) is 3.09. The molecular weight excluding hydrogens is 240 g/mol. The number of carbonyl (C=O) groups excluding carboxylic acids is 1. The van der Waals surface area contributed by atoms with Gasteiger partial charge in [-0.25, -0.2) is 14.8 Å². The molecule has 0 aliphatic rings. The van der Waals surface area contributed by atoms with Crippen molar-refractivity contribution in [2.75, 3.05) is 13.4 Å². The van der Waals surface area contributed by atoms with Crippen molar-refractivity contribution < 1.29 is 9.53 Å². The Morgan fingerprint density at radius 3 is 3.00 bits per heavy atom. The molecule has 2 aromatic heterocycles. The lowest BCUT2D eigenvalue weighted by molar-refractivity contribution is 0.0594. The van der Waals surface area contributed by atoms with E-state index in [-0.39, 0.29) is 0 Å². The monoisotopic (exact) mass is 250 g/mol. The van der Waals surface area contributed by atoms with Gasteiger partial charge in [-0.05, 0) is 12.3 Å². The van der Waals surface area contributed by atoms with Crippen molar-refractivity contribution in [1.29, 1.82) is 0 Å². The number of rotatable bonds is 3. The van der Waals surface area contributed by atoms with Crippen LogP contribution in [0.2, 0.25) is 0 Å². The lowest BCUT2D eigenvalue weighted by Gasteiger charge is -1.97. The molecule has 0 aliphatic heterocycles. The summed E-state index contributed by atoms with van der Waals surface area (Å²) in [7, 11) is 1.32. The number of methoxy groups -OCH3 is 1. The lowest BCUT2D eigenvalue weighted by Crippen LogP contribution is -2.00. The van der Waals surface area contributed by atoms with Crippen LogP contribution in [0, 0.1) is 0 Å². The van der Waals surface area contributed by atoms with E-state index >= 15 is 0 Å². The third-order valence-corrected chi connectivity index (χ3v) is 2.62. The molecule has 0 aliphatic carbocycles. The van der Waals surface area contributed by atoms with E-state index in [0.29, 0.717) is 22.2 Å². The molecule has 0 bridgehead atoms. The minimum absolute atomic E-state index is 0.298. The van der Waals surface area contributed by atoms with Crippen molar-refractivity contribution in [2.24, 2.45) is 0 Å². The summed E-state index contributed by atoms with van der Waals surface area (Å²) < 4.78 is 4.58. The number of nitrogens with one attached hydrogen (secondary N) is 1. The van der Waals surface area contributed by atoms with Crippen LogP contribution in [0.1, 0.15) is 10.5 Å². The van der Waals surface area contributed by atoms with Crippen LogP contribution >= 0.6 is 11.8 Å². The fourth-order valence-corrected chi connectivity index (χ4v) is 1.61. The smallest absolute Gasteiger partial charge is 0.356 e. The van der Waals surface area contributed by atoms with E-state index in [1.807, 2.05) is 6.26 Å². The van der Waals surface area contributed by atoms with Crippen LogP contribution in [0.4, 0.5) is 0 Å². The van der Waals surface area contributed by atoms with Gasteiger partial charge in [-0.15, -0.1) is 0 Å². The molecule has 0 amide bonds. The van der Waals surface area contributed by atoms with Crippen LogP contribution in [0.25, 0.3) is 11.4 Å². The van der Waals surface area contributed by atoms with Gasteiger partial charge >= 0.3 is 5.97 Å². The highest BCUT2D eigenvalue weighted by atomic mass is 32.2. The molecule has 0 fully saturated rings. The highest BCUT2D eigenvalue weighted by molar-refractivity contribution is 7.98. The molecule has 0 aromatic carbocycles. The van der Waals surface area contributed by atoms with Crippen molar-refractivity contribution in [1.82, 2.24) is 20.2 Å². The largest absolute Gasteiger partial charge is 0.464 e. The van der Waals surface area contributed by atoms with Gasteiger partial charge in [0.15, 0.2) is 5.16 Å². The zero-order valence-electron chi connectivity index (χ0n) is 9.30. The van der Waals surface area contributed by atoms with Gasteiger partial charge < -0.3 is 4.74 Å². The van der Waals surface area contributed by atoms with Gasteiger partial charge in [0.25, 0.3) is 0 Å². The van der Waals surface area contributed by atoms with E-state index in [1.54, 1.807) is 18.3 Å². The Morgan fingerprint density at radius 1 is 1.47 bits per heavy atom. The summed E-state index contributed by atoms with van der Waals surface area (Å²) in [4.78, 5) is 19.6. The van der Waals surface area contributed by atoms with E-state index in [9.17, 15) is 4.79 Å². The number of aromatic nitrogens is 4. The summed E-state index contributed by atoms with van der Waals surface area (Å²) in [6.07, 6.45) is 3.55. The first-order chi connectivity index (χ1) is 8.24. The van der Waals surface area contributed by atoms with Crippen molar-refractivity contribution in [3.63, 3.8) is 0 Å². The van der Waals surface area contributed by atoms with Gasteiger partial charge in [0.05, 0.1) is 12.8 Å². The SMILES string of the molecule is COC(=O)c1cc(-c2ccnc(SC)n2)n[nH]1. The van der Waals surface area contributed by atoms with E-state index in [2.05, 4.69) is 24.9 Å². The molecule has 0 atom stereocenters. The Kier molecular flexibility index (Phi) is 3.38. The van der Waals surface area contributed by atoms with Gasteiger partial charge in [0.1, 0.15) is 11.4 Å². The number of aromatic amines is 1. The summed E-state index contributed by atoms with van der Waals surface area (Å²) in [5, 5.41) is 7.26. The minimum atomic E-state index is -0.456. The second kappa shape index (κ2) is 4.96. The fraction of sp³-hybridized carbons (Fsp3) is 0.200. The van der Waals surface area contributed by atoms with E-state index < -0.39 is 5.97 Å². The number of hydrogen-bond acceptors (Lipinski definition) is 6. The first-order valence-corrected chi connectivity index (χ1v) is 5.98. The maximum atomic E-state index is 11.3. The molecule has 0 spiro atoms. The summed E-state index contributed by atoms with van der Waals surface area (Å²) in [6.45, 7) is 0. The molecule has 1 N–H and O–H groups in total. The number of thioether (sulfide) groups is 1. The normalized spacial score (nSPS) is 10.2. The van der Waals surface area contributed by atoms with Crippen molar-refractivity contribution in [2.45, 2.75) is 5.16 Å². The Hall–Kier alpha value is -1.89. The molecule has 0 saturated heterocycles. The maximum Gasteiger partial charge on any atom is 0.356 e. The molecule has 2 heterocycles. The topological polar surface area (TPSA) is 80.8 Å². The molecule has 0 unspecified atom stereocenters. The fourth-order valence-electron chi connectivity index (χ4n) is 1.25. The van der Waals surface area contributed by atoms with Crippen molar-refractivity contribution in [3.05, 3.63) is 24.0 Å². The Bertz CT molecular complexity index is 541. The minimum Gasteiger partial charge on any atom is -0.464 e. The van der Waals surface area contributed by atoms with Gasteiger partial charge in [-0.3, -0.25) is 5.10 Å². The summed E-state index contributed by atoms with van der Waals surface area (Å²) in [5.74, 6) is -0.456. The van der Waals surface area contributed by atoms with Gasteiger partial charge in [-0.2, -0.15) is 5.10 Å². The molecule has 0 radical (unpaired) electrons. The van der Waals surface area contributed by atoms with Gasteiger partial charge in [0, 0.05) is 12.3 Å². The molecule has 2 aromatic rings. The number of H-pyrrole nitrogens is 1. The number of carbonyl (C=O) groups is 1. The first kappa shape index (κ1) is 11.6. The summed E-state index contributed by atoms with van der Waals surface area (Å²) >= 11 is 1.44. The maximum absolute atomic E-state index is 11.3. The van der Waals surface area contributed by atoms with Crippen LogP contribution in [0.3, 0.4) is 0 Å². The number of hydrogen-bond donors (Lipinski definition) is 1. The Labute approximate surface area is 102 Å². The summed E-state index contributed by atoms with van der Waals surface area (Å²) in [5.41, 5.74) is 1.55. The molecular formula is C10H10N4O2S. The van der Waals surface area contributed by atoms with Crippen LogP contribution in [0.15, 0.2) is 23.5 Å². The average Bonchev–Trinajstić information content (AvgIpc) is 2.87. The third kappa shape index (κ3) is 2.44. The van der Waals surface area contributed by atoms with Crippen LogP contribution in [-0.2, 0) is 4.74 Å². The summed E-state index contributed by atoms with van der Waals surface area (Å²) in [6, 6.07) is 3.33. The van der Waals surface area contributed by atoms with E-state index in [4.69, 9.17) is 0 Å². The number of ether oxygens (including phenoxy) is 1. The zero-order valence-corrected chi connectivity index (χ0v) is 10.1. The van der Waals surface area contributed by atoms with Crippen LogP contribution < -0.4 is 0 Å². The predicted octanol–water partition coefficient (Wildman–Crippen LogP) is 1.38. The molecule has 17 heavy (non-hydrogen) atoms. The highest BCUT2D eigenvalue weighted by Crippen LogP contribution is 2.17. The third-order valence-electron chi connectivity index (χ3n) is 2.06. The standard InChI is InChI=1S/C10H10N4O2S/c1-16-9(15)8-5-7(13-14-8)6-3-4-11-10(12-6)17-2/h3-5H,1-2H3,(H,13,14). The molecule has 88 valence electrons. The van der Waals surface area contributed by atoms with Crippen LogP contribution in [0.5, 0.6) is 0 Å². The van der Waals surface area contributed by atoms with Crippen molar-refractivity contribution in [3.8, 4) is 11.4 Å². The second-order valence-corrected chi connectivity index (χ2v) is 3.86. The zero-order chi connectivity index (χ0) is 12.3. The van der Waals surface area contributed by atoms with Gasteiger partial charge in [0.2, 0.25) is 0 Å². The quantitative estimate of drug-likeness (QED) is 0.503. The predicted molar refractivity (Wildman–Crippen MR) is 62.7 cm³/mol. The van der Waals surface area contributed by atoms with Gasteiger partial charge in [-0.1, -0.05) is 11.8 Å². The molecule has 6 nitrogen and oxygen atoms in total. The molecule has 0 saturated carbocycles. The first-order valence-electron chi connectivity index (χ1n) is 4.75. The van der Waals surface area contributed by atoms with Crippen molar-refractivity contribution >= 4 is 17.7 Å². The average molecular weight is 250 g/mol. The van der Waals surface area contributed by atoms with E-state index in [1.165, 1.54) is 18.9 Å². The number of esters is 1. The Morgan fingerprint density at radius 2 is 2.29 bits per heavy atom. The lowest BCUT2D eigenvalue weighted by atomic mass is 10.3. The molecule has 2 rings (SSSR count). The number of nitrogens with zero attached hydrogens (tertiary/aromatic N) is 3. The van der Waals surface area contributed by atoms with Crippen LogP contribution in [-0.4, -0.2) is 39.5 Å². The van der Waals surface area contributed by atoms with E-state index in [0.717, 1.165) is 0 Å². The molecule has 7 heteroatoms. The Balaban J connectivity index is 2.33. The highest BCUT2D eigenvalue weighted by Gasteiger charge is 2.12.